The number of benzene rings is 2. The maximum atomic E-state index is 10.7. The van der Waals surface area contributed by atoms with Gasteiger partial charge in [-0.3, -0.25) is 10.1 Å². The van der Waals surface area contributed by atoms with E-state index in [1.54, 1.807) is 12.1 Å². The molecule has 0 spiro atoms. The summed E-state index contributed by atoms with van der Waals surface area (Å²) in [6.07, 6.45) is 0. The summed E-state index contributed by atoms with van der Waals surface area (Å²) in [6, 6.07) is 10.7. The molecule has 0 aliphatic rings. The first-order valence-corrected chi connectivity index (χ1v) is 7.93. The second-order valence-electron chi connectivity index (χ2n) is 4.82. The minimum atomic E-state index is -0.394. The van der Waals surface area contributed by atoms with Crippen molar-refractivity contribution in [1.82, 2.24) is 0 Å². The van der Waals surface area contributed by atoms with Gasteiger partial charge >= 0.3 is 0 Å². The molecule has 0 bridgehead atoms. The molecule has 6 heteroatoms. The van der Waals surface area contributed by atoms with E-state index < -0.39 is 4.92 Å². The number of nitro benzene ring substituents is 1. The fourth-order valence-electron chi connectivity index (χ4n) is 2.02. The van der Waals surface area contributed by atoms with Gasteiger partial charge in [0.1, 0.15) is 0 Å². The maximum Gasteiger partial charge on any atom is 0.269 e. The van der Waals surface area contributed by atoms with Crippen LogP contribution in [0.5, 0.6) is 0 Å². The smallest absolute Gasteiger partial charge is 0.269 e. The third kappa shape index (κ3) is 3.83. The number of rotatable bonds is 4. The van der Waals surface area contributed by atoms with Crippen LogP contribution in [-0.4, -0.2) is 4.92 Å². The van der Waals surface area contributed by atoms with Crippen molar-refractivity contribution in [3.05, 3.63) is 66.6 Å². The number of nitrogens with zero attached hydrogens (tertiary/aromatic N) is 1. The highest BCUT2D eigenvalue weighted by Crippen LogP contribution is 2.35. The van der Waals surface area contributed by atoms with Gasteiger partial charge in [0.05, 0.1) is 10.6 Å². The number of nitrogens with one attached hydrogen (secondary N) is 1. The molecule has 2 aromatic rings. The maximum absolute atomic E-state index is 10.7. The highest BCUT2D eigenvalue weighted by Gasteiger charge is 2.12. The summed E-state index contributed by atoms with van der Waals surface area (Å²) in [4.78, 5) is 10.3. The highest BCUT2D eigenvalue weighted by atomic mass is 79.9. The minimum Gasteiger partial charge on any atom is -0.377 e. The monoisotopic (exact) mass is 412 g/mol. The zero-order chi connectivity index (χ0) is 15.6. The predicted octanol–water partition coefficient (Wildman–Crippen LogP) is 5.60. The Kier molecular flexibility index (Phi) is 5.00. The second kappa shape index (κ2) is 6.58. The molecule has 0 saturated heterocycles. The molecule has 0 amide bonds. The van der Waals surface area contributed by atoms with Crippen molar-refractivity contribution >= 4 is 43.2 Å². The van der Waals surface area contributed by atoms with E-state index in [4.69, 9.17) is 0 Å². The van der Waals surface area contributed by atoms with E-state index in [0.29, 0.717) is 0 Å². The van der Waals surface area contributed by atoms with Gasteiger partial charge in [-0.05, 0) is 69.0 Å². The summed E-state index contributed by atoms with van der Waals surface area (Å²) in [5.74, 6) is 0. The van der Waals surface area contributed by atoms with Gasteiger partial charge in [0.25, 0.3) is 5.69 Å². The Morgan fingerprint density at radius 2 is 1.67 bits per heavy atom. The van der Waals surface area contributed by atoms with Gasteiger partial charge in [-0.15, -0.1) is 0 Å². The molecule has 0 aliphatic carbocycles. The number of hydrogen-bond donors (Lipinski definition) is 1. The Morgan fingerprint density at radius 3 is 2.14 bits per heavy atom. The van der Waals surface area contributed by atoms with E-state index >= 15 is 0 Å². The fraction of sp³-hybridized carbons (Fsp3) is 0.200. The number of hydrogen-bond acceptors (Lipinski definition) is 3. The molecule has 1 atom stereocenters. The average Bonchev–Trinajstić information content (AvgIpc) is 2.42. The normalized spacial score (nSPS) is 12.0. The van der Waals surface area contributed by atoms with E-state index in [1.165, 1.54) is 12.1 Å². The molecule has 0 radical (unpaired) electrons. The Balaban J connectivity index is 2.22. The van der Waals surface area contributed by atoms with Gasteiger partial charge in [-0.1, -0.05) is 12.1 Å². The lowest BCUT2D eigenvalue weighted by atomic mass is 10.1. The fourth-order valence-corrected chi connectivity index (χ4v) is 3.67. The number of aryl methyl sites for hydroxylation is 1. The van der Waals surface area contributed by atoms with Crippen LogP contribution >= 0.6 is 31.9 Å². The van der Waals surface area contributed by atoms with Crippen molar-refractivity contribution in [3.63, 3.8) is 0 Å². The number of halogens is 2. The predicted molar refractivity (Wildman–Crippen MR) is 91.7 cm³/mol. The third-order valence-electron chi connectivity index (χ3n) is 3.15. The lowest BCUT2D eigenvalue weighted by Crippen LogP contribution is -2.08. The SMILES string of the molecule is Cc1cc(Br)c(NC(C)c2ccc([N+](=O)[O-])cc2)c(Br)c1. The molecule has 110 valence electrons. The van der Waals surface area contributed by atoms with Crippen LogP contribution in [0, 0.1) is 17.0 Å². The van der Waals surface area contributed by atoms with Gasteiger partial charge in [0.2, 0.25) is 0 Å². The van der Waals surface area contributed by atoms with Crippen molar-refractivity contribution in [2.24, 2.45) is 0 Å². The van der Waals surface area contributed by atoms with Gasteiger partial charge < -0.3 is 5.32 Å². The van der Waals surface area contributed by atoms with Gasteiger partial charge in [-0.2, -0.15) is 0 Å². The van der Waals surface area contributed by atoms with Crippen LogP contribution in [0.3, 0.4) is 0 Å². The Hall–Kier alpha value is -1.40. The molecular formula is C15H14Br2N2O2. The van der Waals surface area contributed by atoms with Crippen molar-refractivity contribution < 1.29 is 4.92 Å². The molecule has 21 heavy (non-hydrogen) atoms. The second-order valence-corrected chi connectivity index (χ2v) is 6.53. The molecule has 2 aromatic carbocycles. The Bertz CT molecular complexity index is 649. The van der Waals surface area contributed by atoms with Crippen LogP contribution in [0.25, 0.3) is 0 Å². The Morgan fingerprint density at radius 1 is 1.14 bits per heavy atom. The van der Waals surface area contributed by atoms with Gasteiger partial charge in [-0.25, -0.2) is 0 Å². The van der Waals surface area contributed by atoms with Crippen molar-refractivity contribution in [3.8, 4) is 0 Å². The molecule has 0 saturated carbocycles. The first kappa shape index (κ1) is 16.0. The highest BCUT2D eigenvalue weighted by molar-refractivity contribution is 9.11. The summed E-state index contributed by atoms with van der Waals surface area (Å²) < 4.78 is 1.95. The van der Waals surface area contributed by atoms with Crippen LogP contribution in [0.2, 0.25) is 0 Å². The van der Waals surface area contributed by atoms with E-state index in [0.717, 1.165) is 25.8 Å². The number of non-ortho nitro benzene ring substituents is 1. The molecular weight excluding hydrogens is 400 g/mol. The quantitative estimate of drug-likeness (QED) is 0.524. The molecule has 1 N–H and O–H groups in total. The van der Waals surface area contributed by atoms with Gasteiger partial charge in [0, 0.05) is 27.1 Å². The molecule has 1 unspecified atom stereocenters. The van der Waals surface area contributed by atoms with Crippen LogP contribution in [0.15, 0.2) is 45.3 Å². The van der Waals surface area contributed by atoms with Crippen molar-refractivity contribution in [1.29, 1.82) is 0 Å². The van der Waals surface area contributed by atoms with E-state index in [2.05, 4.69) is 37.2 Å². The number of nitro groups is 1. The molecule has 4 nitrogen and oxygen atoms in total. The third-order valence-corrected chi connectivity index (χ3v) is 4.40. The minimum absolute atomic E-state index is 0.0288. The van der Waals surface area contributed by atoms with Crippen LogP contribution in [0.4, 0.5) is 11.4 Å². The van der Waals surface area contributed by atoms with Gasteiger partial charge in [0.15, 0.2) is 0 Å². The summed E-state index contributed by atoms with van der Waals surface area (Å²) in [5.41, 5.74) is 3.21. The zero-order valence-corrected chi connectivity index (χ0v) is 14.7. The van der Waals surface area contributed by atoms with E-state index in [1.807, 2.05) is 26.0 Å². The standard InChI is InChI=1S/C15H14Br2N2O2/c1-9-7-13(16)15(14(17)8-9)18-10(2)11-3-5-12(6-4-11)19(20)21/h3-8,10,18H,1-2H3. The summed E-state index contributed by atoms with van der Waals surface area (Å²) in [5, 5.41) is 14.1. The molecule has 2 rings (SSSR count). The number of anilines is 1. The molecule has 0 aliphatic heterocycles. The first-order chi connectivity index (χ1) is 9.88. The van der Waals surface area contributed by atoms with E-state index in [-0.39, 0.29) is 11.7 Å². The largest absolute Gasteiger partial charge is 0.377 e. The Labute approximate surface area is 140 Å². The van der Waals surface area contributed by atoms with Crippen molar-refractivity contribution in [2.75, 3.05) is 5.32 Å². The average molecular weight is 414 g/mol. The first-order valence-electron chi connectivity index (χ1n) is 6.35. The zero-order valence-electron chi connectivity index (χ0n) is 11.6. The van der Waals surface area contributed by atoms with Crippen LogP contribution in [-0.2, 0) is 0 Å². The molecule has 0 heterocycles. The van der Waals surface area contributed by atoms with Crippen LogP contribution in [0.1, 0.15) is 24.1 Å². The van der Waals surface area contributed by atoms with Crippen LogP contribution < -0.4 is 5.32 Å². The lowest BCUT2D eigenvalue weighted by Gasteiger charge is -2.18. The van der Waals surface area contributed by atoms with Crippen molar-refractivity contribution in [2.45, 2.75) is 19.9 Å². The summed E-state index contributed by atoms with van der Waals surface area (Å²) in [7, 11) is 0. The topological polar surface area (TPSA) is 55.2 Å². The van der Waals surface area contributed by atoms with E-state index in [9.17, 15) is 10.1 Å². The summed E-state index contributed by atoms with van der Waals surface area (Å²) in [6.45, 7) is 4.04. The lowest BCUT2D eigenvalue weighted by molar-refractivity contribution is -0.384. The summed E-state index contributed by atoms with van der Waals surface area (Å²) >= 11 is 7.10. The molecule has 0 fully saturated rings. The molecule has 0 aromatic heterocycles.